The number of nitrogens with zero attached hydrogens (tertiary/aromatic N) is 1. The number of rotatable bonds is 5. The first kappa shape index (κ1) is 34.0. The molecule has 0 unspecified atom stereocenters. The maximum Gasteiger partial charge on any atom is 0.132 e. The van der Waals surface area contributed by atoms with E-state index in [1.807, 2.05) is 11.8 Å². The molecule has 0 bridgehead atoms. The molecule has 9 aromatic carbocycles. The summed E-state index contributed by atoms with van der Waals surface area (Å²) in [6.07, 6.45) is 0. The van der Waals surface area contributed by atoms with Crippen molar-refractivity contribution >= 4 is 28.8 Å². The molecule has 3 aliphatic rings. The lowest BCUT2D eigenvalue weighted by atomic mass is 9.63. The first-order valence-corrected chi connectivity index (χ1v) is 21.1. The van der Waals surface area contributed by atoms with Gasteiger partial charge in [-0.1, -0.05) is 188 Å². The average molecular weight is 772 g/mol. The Morgan fingerprint density at radius 2 is 0.881 bits per heavy atom. The van der Waals surface area contributed by atoms with Crippen molar-refractivity contribution < 1.29 is 4.74 Å². The van der Waals surface area contributed by atoms with Crippen LogP contribution in [0.1, 0.15) is 44.5 Å². The molecule has 0 aromatic heterocycles. The van der Waals surface area contributed by atoms with Crippen LogP contribution in [0.15, 0.2) is 234 Å². The predicted molar refractivity (Wildman–Crippen MR) is 241 cm³/mol. The maximum atomic E-state index is 6.65. The van der Waals surface area contributed by atoms with Gasteiger partial charge in [-0.05, 0) is 87.5 Å². The number of hydrogen-bond donors (Lipinski definition) is 0. The molecule has 0 saturated heterocycles. The van der Waals surface area contributed by atoms with Crippen molar-refractivity contribution in [1.29, 1.82) is 0 Å². The largest absolute Gasteiger partial charge is 0.457 e. The molecule has 0 N–H and O–H groups in total. The topological polar surface area (TPSA) is 12.5 Å². The molecule has 0 radical (unpaired) electrons. The monoisotopic (exact) mass is 771 g/mol. The normalized spacial score (nSPS) is 14.4. The highest BCUT2D eigenvalue weighted by molar-refractivity contribution is 7.99. The molecule has 1 aliphatic carbocycles. The van der Waals surface area contributed by atoms with Gasteiger partial charge in [0.2, 0.25) is 0 Å². The van der Waals surface area contributed by atoms with Crippen LogP contribution in [0, 0.1) is 0 Å². The Labute approximate surface area is 349 Å². The highest BCUT2D eigenvalue weighted by atomic mass is 32.2. The summed E-state index contributed by atoms with van der Waals surface area (Å²) in [6.45, 7) is 0. The third-order valence-corrected chi connectivity index (χ3v) is 13.8. The standard InChI is InChI=1S/C56H37NOS/c1-4-19-38(20-5-1)55(39-21-6-2-7-22-39)43-26-11-10-25-42(43)54-48(55)30-18-31-49(54)57(40-23-8-3-9-24-40)41-35-36-47-53(37-41)59-52-34-17-14-29-46(52)56(47)44-27-12-15-32-50(44)58-51-33-16-13-28-45(51)56/h1-37H. The van der Waals surface area contributed by atoms with Gasteiger partial charge in [-0.25, -0.2) is 0 Å². The zero-order valence-corrected chi connectivity index (χ0v) is 32.9. The van der Waals surface area contributed by atoms with Gasteiger partial charge in [0, 0.05) is 37.9 Å². The molecule has 1 spiro atoms. The first-order chi connectivity index (χ1) is 29.3. The minimum absolute atomic E-state index is 0.502. The molecule has 12 rings (SSSR count). The lowest BCUT2D eigenvalue weighted by Crippen LogP contribution is -2.36. The van der Waals surface area contributed by atoms with E-state index in [1.165, 1.54) is 54.3 Å². The SMILES string of the molecule is c1ccc(N(c2ccc3c(c2)Sc2ccccc2C32c3ccccc3Oc3ccccc32)c2cccc3c2-c2ccccc2C3(c2ccccc2)c2ccccc2)cc1. The number of benzene rings is 9. The van der Waals surface area contributed by atoms with Gasteiger partial charge in [0.05, 0.1) is 16.5 Å². The Morgan fingerprint density at radius 1 is 0.356 bits per heavy atom. The molecule has 0 saturated carbocycles. The van der Waals surface area contributed by atoms with Gasteiger partial charge in [0.15, 0.2) is 0 Å². The van der Waals surface area contributed by atoms with Crippen molar-refractivity contribution in [1.82, 2.24) is 0 Å². The van der Waals surface area contributed by atoms with E-state index < -0.39 is 10.8 Å². The Morgan fingerprint density at radius 3 is 1.56 bits per heavy atom. The Balaban J connectivity index is 1.13. The maximum absolute atomic E-state index is 6.65. The van der Waals surface area contributed by atoms with E-state index in [-0.39, 0.29) is 0 Å². The summed E-state index contributed by atoms with van der Waals surface area (Å²) in [5, 5.41) is 0. The zero-order valence-electron chi connectivity index (χ0n) is 32.1. The van der Waals surface area contributed by atoms with E-state index in [9.17, 15) is 0 Å². The molecular weight excluding hydrogens is 735 g/mol. The molecule has 3 heteroatoms. The van der Waals surface area contributed by atoms with Crippen LogP contribution in [0.3, 0.4) is 0 Å². The fourth-order valence-corrected chi connectivity index (χ4v) is 11.6. The molecule has 0 fully saturated rings. The Hall–Kier alpha value is -7.07. The van der Waals surface area contributed by atoms with Gasteiger partial charge in [0.25, 0.3) is 0 Å². The van der Waals surface area contributed by atoms with Crippen LogP contribution in [0.4, 0.5) is 17.1 Å². The van der Waals surface area contributed by atoms with Crippen molar-refractivity contribution in [3.8, 4) is 22.6 Å². The van der Waals surface area contributed by atoms with E-state index in [0.717, 1.165) is 39.7 Å². The van der Waals surface area contributed by atoms with E-state index in [4.69, 9.17) is 4.74 Å². The lowest BCUT2D eigenvalue weighted by Gasteiger charge is -2.45. The number of ether oxygens (including phenoxy) is 1. The summed E-state index contributed by atoms with van der Waals surface area (Å²) < 4.78 is 6.65. The molecule has 2 nitrogen and oxygen atoms in total. The quantitative estimate of drug-likeness (QED) is 0.173. The van der Waals surface area contributed by atoms with Gasteiger partial charge in [-0.3, -0.25) is 0 Å². The van der Waals surface area contributed by atoms with Crippen molar-refractivity contribution in [2.24, 2.45) is 0 Å². The van der Waals surface area contributed by atoms with Crippen LogP contribution in [-0.4, -0.2) is 0 Å². The van der Waals surface area contributed by atoms with Crippen LogP contribution < -0.4 is 9.64 Å². The van der Waals surface area contributed by atoms with Crippen LogP contribution in [0.25, 0.3) is 11.1 Å². The molecule has 0 atom stereocenters. The third kappa shape index (κ3) is 4.77. The highest BCUT2D eigenvalue weighted by Gasteiger charge is 2.50. The number of fused-ring (bicyclic) bond motifs is 11. The summed E-state index contributed by atoms with van der Waals surface area (Å²) >= 11 is 1.86. The zero-order chi connectivity index (χ0) is 39.0. The van der Waals surface area contributed by atoms with Crippen molar-refractivity contribution in [3.63, 3.8) is 0 Å². The molecule has 0 amide bonds. The smallest absolute Gasteiger partial charge is 0.132 e. The summed E-state index contributed by atoms with van der Waals surface area (Å²) in [7, 11) is 0. The Bertz CT molecular complexity index is 2960. The second-order valence-corrected chi connectivity index (χ2v) is 16.6. The molecule has 2 aliphatic heterocycles. The van der Waals surface area contributed by atoms with Gasteiger partial charge in [0.1, 0.15) is 11.5 Å². The fraction of sp³-hybridized carbons (Fsp3) is 0.0357. The minimum atomic E-state index is -0.559. The molecule has 278 valence electrons. The summed E-state index contributed by atoms with van der Waals surface area (Å²) in [6, 6.07) is 82.2. The summed E-state index contributed by atoms with van der Waals surface area (Å²) in [4.78, 5) is 4.95. The van der Waals surface area contributed by atoms with E-state index >= 15 is 0 Å². The van der Waals surface area contributed by atoms with Crippen LogP contribution in [0.2, 0.25) is 0 Å². The molecule has 2 heterocycles. The van der Waals surface area contributed by atoms with Crippen molar-refractivity contribution in [2.75, 3.05) is 4.90 Å². The average Bonchev–Trinajstić information content (AvgIpc) is 3.62. The van der Waals surface area contributed by atoms with Gasteiger partial charge in [-0.15, -0.1) is 0 Å². The molecule has 59 heavy (non-hydrogen) atoms. The van der Waals surface area contributed by atoms with E-state index in [1.54, 1.807) is 0 Å². The van der Waals surface area contributed by atoms with Crippen LogP contribution >= 0.6 is 11.8 Å². The van der Waals surface area contributed by atoms with Gasteiger partial charge < -0.3 is 9.64 Å². The van der Waals surface area contributed by atoms with Crippen LogP contribution in [-0.2, 0) is 10.8 Å². The third-order valence-electron chi connectivity index (χ3n) is 12.7. The molecular formula is C56H37NOS. The number of anilines is 3. The highest BCUT2D eigenvalue weighted by Crippen LogP contribution is 2.63. The second kappa shape index (κ2) is 13.2. The fourth-order valence-electron chi connectivity index (χ4n) is 10.4. The Kier molecular flexibility index (Phi) is 7.63. The van der Waals surface area contributed by atoms with E-state index in [0.29, 0.717) is 0 Å². The predicted octanol–water partition coefficient (Wildman–Crippen LogP) is 14.5. The number of para-hydroxylation sites is 3. The van der Waals surface area contributed by atoms with Gasteiger partial charge >= 0.3 is 0 Å². The lowest BCUT2D eigenvalue weighted by molar-refractivity contribution is 0.431. The minimum Gasteiger partial charge on any atom is -0.457 e. The summed E-state index contributed by atoms with van der Waals surface area (Å²) in [5.41, 5.74) is 14.8. The summed E-state index contributed by atoms with van der Waals surface area (Å²) in [5.74, 6) is 1.79. The van der Waals surface area contributed by atoms with Gasteiger partial charge in [-0.2, -0.15) is 0 Å². The van der Waals surface area contributed by atoms with E-state index in [2.05, 4.69) is 229 Å². The number of hydrogen-bond acceptors (Lipinski definition) is 3. The first-order valence-electron chi connectivity index (χ1n) is 20.3. The van der Waals surface area contributed by atoms with Crippen LogP contribution in [0.5, 0.6) is 11.5 Å². The molecule has 9 aromatic rings. The van der Waals surface area contributed by atoms with Crippen molar-refractivity contribution in [2.45, 2.75) is 20.6 Å². The van der Waals surface area contributed by atoms with Crippen molar-refractivity contribution in [3.05, 3.63) is 269 Å². The second-order valence-electron chi connectivity index (χ2n) is 15.5.